The van der Waals surface area contributed by atoms with Crippen molar-refractivity contribution in [1.29, 1.82) is 0 Å². The van der Waals surface area contributed by atoms with Gasteiger partial charge in [-0.1, -0.05) is 18.2 Å². The molecular weight excluding hydrogens is 252 g/mol. The minimum absolute atomic E-state index is 0.492. The molecule has 0 atom stereocenters. The number of nitrogens with zero attached hydrogens (tertiary/aromatic N) is 2. The van der Waals surface area contributed by atoms with Gasteiger partial charge in [0.2, 0.25) is 5.89 Å². The summed E-state index contributed by atoms with van der Waals surface area (Å²) in [6.07, 6.45) is 1.65. The molecule has 0 radical (unpaired) electrons. The van der Waals surface area contributed by atoms with Crippen LogP contribution in [0, 0.1) is 0 Å². The average Bonchev–Trinajstić information content (AvgIpc) is 2.95. The maximum Gasteiger partial charge on any atom is 0.226 e. The fourth-order valence-corrected chi connectivity index (χ4v) is 1.76. The molecule has 2 aromatic rings. The summed E-state index contributed by atoms with van der Waals surface area (Å²) in [6.45, 7) is 6.23. The Morgan fingerprint density at radius 2 is 1.85 bits per heavy atom. The van der Waals surface area contributed by atoms with Gasteiger partial charge in [0.05, 0.1) is 6.54 Å². The van der Waals surface area contributed by atoms with E-state index >= 15 is 0 Å². The zero-order chi connectivity index (χ0) is 14.2. The van der Waals surface area contributed by atoms with E-state index in [9.17, 15) is 0 Å². The van der Waals surface area contributed by atoms with Crippen LogP contribution in [0.25, 0.3) is 11.5 Å². The molecule has 0 fully saturated rings. The van der Waals surface area contributed by atoms with Crippen molar-refractivity contribution in [3.63, 3.8) is 0 Å². The molecule has 0 aliphatic rings. The number of guanidine groups is 1. The smallest absolute Gasteiger partial charge is 0.226 e. The third-order valence-electron chi connectivity index (χ3n) is 2.66. The van der Waals surface area contributed by atoms with E-state index in [1.165, 1.54) is 0 Å². The Hall–Kier alpha value is -2.30. The van der Waals surface area contributed by atoms with Gasteiger partial charge >= 0.3 is 0 Å². The number of benzene rings is 1. The standard InChI is InChI=1S/C15H20N4O/c1-3-16-15(17-4-2)18-10-13-11-20-14(19-13)12-8-6-5-7-9-12/h5-9,11H,3-4,10H2,1-2H3,(H2,16,17,18). The van der Waals surface area contributed by atoms with E-state index in [1.54, 1.807) is 6.26 Å². The molecule has 2 N–H and O–H groups in total. The van der Waals surface area contributed by atoms with Gasteiger partial charge in [0, 0.05) is 18.7 Å². The summed E-state index contributed by atoms with van der Waals surface area (Å²) in [5.74, 6) is 1.42. The van der Waals surface area contributed by atoms with Gasteiger partial charge in [-0.25, -0.2) is 9.98 Å². The summed E-state index contributed by atoms with van der Waals surface area (Å²) in [4.78, 5) is 8.90. The summed E-state index contributed by atoms with van der Waals surface area (Å²) in [5.41, 5.74) is 1.79. The van der Waals surface area contributed by atoms with Crippen LogP contribution in [0.15, 0.2) is 46.0 Å². The molecule has 0 unspecified atom stereocenters. The Morgan fingerprint density at radius 1 is 1.15 bits per heavy atom. The number of aliphatic imine (C=N–C) groups is 1. The molecule has 20 heavy (non-hydrogen) atoms. The Balaban J connectivity index is 2.04. The minimum Gasteiger partial charge on any atom is -0.444 e. The monoisotopic (exact) mass is 272 g/mol. The molecule has 2 rings (SSSR count). The number of rotatable bonds is 5. The first kappa shape index (κ1) is 14.1. The molecule has 106 valence electrons. The maximum atomic E-state index is 5.48. The highest BCUT2D eigenvalue weighted by molar-refractivity contribution is 5.79. The van der Waals surface area contributed by atoms with Crippen LogP contribution in [0.3, 0.4) is 0 Å². The Labute approximate surface area is 119 Å². The molecule has 1 aromatic carbocycles. The van der Waals surface area contributed by atoms with Crippen molar-refractivity contribution >= 4 is 5.96 Å². The molecular formula is C15H20N4O. The second kappa shape index (κ2) is 7.33. The predicted molar refractivity (Wildman–Crippen MR) is 80.4 cm³/mol. The lowest BCUT2D eigenvalue weighted by atomic mass is 10.2. The molecule has 5 nitrogen and oxygen atoms in total. The fraction of sp³-hybridized carbons (Fsp3) is 0.333. The van der Waals surface area contributed by atoms with Crippen LogP contribution in [-0.4, -0.2) is 24.0 Å². The normalized spacial score (nSPS) is 10.1. The Morgan fingerprint density at radius 3 is 2.50 bits per heavy atom. The first-order valence-electron chi connectivity index (χ1n) is 6.85. The second-order valence-electron chi connectivity index (χ2n) is 4.24. The van der Waals surface area contributed by atoms with Crippen LogP contribution < -0.4 is 10.6 Å². The van der Waals surface area contributed by atoms with E-state index < -0.39 is 0 Å². The van der Waals surface area contributed by atoms with Gasteiger partial charge in [-0.05, 0) is 26.0 Å². The third kappa shape index (κ3) is 3.85. The van der Waals surface area contributed by atoms with Crippen molar-refractivity contribution in [3.05, 3.63) is 42.3 Å². The van der Waals surface area contributed by atoms with E-state index in [0.717, 1.165) is 30.3 Å². The molecule has 0 spiro atoms. The molecule has 0 bridgehead atoms. The highest BCUT2D eigenvalue weighted by Crippen LogP contribution is 2.18. The van der Waals surface area contributed by atoms with E-state index in [4.69, 9.17) is 4.42 Å². The van der Waals surface area contributed by atoms with Crippen LogP contribution in [0.5, 0.6) is 0 Å². The van der Waals surface area contributed by atoms with Gasteiger partial charge in [-0.15, -0.1) is 0 Å². The summed E-state index contributed by atoms with van der Waals surface area (Å²) in [7, 11) is 0. The molecule has 0 aliphatic heterocycles. The predicted octanol–water partition coefficient (Wildman–Crippen LogP) is 2.42. The van der Waals surface area contributed by atoms with Crippen molar-refractivity contribution in [2.75, 3.05) is 13.1 Å². The third-order valence-corrected chi connectivity index (χ3v) is 2.66. The van der Waals surface area contributed by atoms with Gasteiger partial charge in [0.25, 0.3) is 0 Å². The van der Waals surface area contributed by atoms with E-state index in [0.29, 0.717) is 12.4 Å². The van der Waals surface area contributed by atoms with Gasteiger partial charge < -0.3 is 15.1 Å². The largest absolute Gasteiger partial charge is 0.444 e. The van der Waals surface area contributed by atoms with Crippen LogP contribution in [0.1, 0.15) is 19.5 Å². The quantitative estimate of drug-likeness (QED) is 0.648. The number of hydrogen-bond donors (Lipinski definition) is 2. The van der Waals surface area contributed by atoms with Crippen molar-refractivity contribution in [1.82, 2.24) is 15.6 Å². The van der Waals surface area contributed by atoms with Gasteiger partial charge in [-0.2, -0.15) is 0 Å². The number of oxazole rings is 1. The fourth-order valence-electron chi connectivity index (χ4n) is 1.76. The lowest BCUT2D eigenvalue weighted by molar-refractivity contribution is 0.572. The Bertz CT molecular complexity index is 540. The lowest BCUT2D eigenvalue weighted by Crippen LogP contribution is -2.36. The first-order chi connectivity index (χ1) is 9.83. The minimum atomic E-state index is 0.492. The molecule has 0 aliphatic carbocycles. The summed E-state index contributed by atoms with van der Waals surface area (Å²) in [6, 6.07) is 9.84. The maximum absolute atomic E-state index is 5.48. The molecule has 0 amide bonds. The lowest BCUT2D eigenvalue weighted by Gasteiger charge is -2.08. The van der Waals surface area contributed by atoms with E-state index in [2.05, 4.69) is 20.6 Å². The Kier molecular flexibility index (Phi) is 5.17. The van der Waals surface area contributed by atoms with Crippen molar-refractivity contribution in [2.45, 2.75) is 20.4 Å². The first-order valence-corrected chi connectivity index (χ1v) is 6.85. The molecule has 0 saturated heterocycles. The van der Waals surface area contributed by atoms with Crippen LogP contribution in [-0.2, 0) is 6.54 Å². The highest BCUT2D eigenvalue weighted by atomic mass is 16.3. The molecule has 5 heteroatoms. The summed E-state index contributed by atoms with van der Waals surface area (Å²) in [5, 5.41) is 6.35. The SMILES string of the molecule is CCNC(=NCc1coc(-c2ccccc2)n1)NCC. The van der Waals surface area contributed by atoms with Gasteiger partial charge in [-0.3, -0.25) is 0 Å². The van der Waals surface area contributed by atoms with Crippen LogP contribution in [0.2, 0.25) is 0 Å². The molecule has 1 aromatic heterocycles. The number of nitrogens with one attached hydrogen (secondary N) is 2. The summed E-state index contributed by atoms with van der Waals surface area (Å²) >= 11 is 0. The zero-order valence-corrected chi connectivity index (χ0v) is 11.9. The van der Waals surface area contributed by atoms with Crippen LogP contribution in [0.4, 0.5) is 0 Å². The number of aromatic nitrogens is 1. The van der Waals surface area contributed by atoms with Crippen molar-refractivity contribution in [3.8, 4) is 11.5 Å². The van der Waals surface area contributed by atoms with E-state index in [-0.39, 0.29) is 0 Å². The van der Waals surface area contributed by atoms with Crippen LogP contribution >= 0.6 is 0 Å². The van der Waals surface area contributed by atoms with E-state index in [1.807, 2.05) is 44.2 Å². The van der Waals surface area contributed by atoms with Gasteiger partial charge in [0.1, 0.15) is 12.0 Å². The van der Waals surface area contributed by atoms with Crippen molar-refractivity contribution in [2.24, 2.45) is 4.99 Å². The van der Waals surface area contributed by atoms with Crippen molar-refractivity contribution < 1.29 is 4.42 Å². The van der Waals surface area contributed by atoms with Gasteiger partial charge in [0.15, 0.2) is 5.96 Å². The summed E-state index contributed by atoms with van der Waals surface area (Å²) < 4.78 is 5.48. The number of hydrogen-bond acceptors (Lipinski definition) is 3. The average molecular weight is 272 g/mol. The topological polar surface area (TPSA) is 62.5 Å². The highest BCUT2D eigenvalue weighted by Gasteiger charge is 2.05. The zero-order valence-electron chi connectivity index (χ0n) is 11.9. The second-order valence-corrected chi connectivity index (χ2v) is 4.24. The molecule has 1 heterocycles. The molecule has 0 saturated carbocycles.